The van der Waals surface area contributed by atoms with Crippen molar-refractivity contribution >= 4 is 23.4 Å². The van der Waals surface area contributed by atoms with Crippen LogP contribution < -0.4 is 16.0 Å². The second kappa shape index (κ2) is 8.31. The third kappa shape index (κ3) is 5.73. The number of benzene rings is 1. The molecule has 3 amide bonds. The van der Waals surface area contributed by atoms with Crippen molar-refractivity contribution in [1.82, 2.24) is 10.6 Å². The molecule has 1 aliphatic heterocycles. The number of carbonyl (C=O) groups excluding carboxylic acids is 3. The van der Waals surface area contributed by atoms with Crippen molar-refractivity contribution in [3.63, 3.8) is 0 Å². The molecule has 2 rings (SSSR count). The van der Waals surface area contributed by atoms with Crippen LogP contribution in [-0.2, 0) is 20.8 Å². The van der Waals surface area contributed by atoms with Crippen LogP contribution in [0.5, 0.6) is 0 Å². The molecule has 1 aliphatic rings. The Kier molecular flexibility index (Phi) is 6.14. The van der Waals surface area contributed by atoms with Crippen molar-refractivity contribution in [3.05, 3.63) is 29.8 Å². The Hall–Kier alpha value is -2.37. The van der Waals surface area contributed by atoms with Crippen LogP contribution in [0, 0.1) is 0 Å². The highest BCUT2D eigenvalue weighted by Gasteiger charge is 2.22. The van der Waals surface area contributed by atoms with Gasteiger partial charge in [0.25, 0.3) is 0 Å². The summed E-state index contributed by atoms with van der Waals surface area (Å²) < 4.78 is 0. The fourth-order valence-electron chi connectivity index (χ4n) is 2.58. The highest BCUT2D eigenvalue weighted by atomic mass is 16.2. The molecule has 0 radical (unpaired) electrons. The van der Waals surface area contributed by atoms with Crippen LogP contribution in [0.2, 0.25) is 0 Å². The third-order valence-corrected chi connectivity index (χ3v) is 3.79. The van der Waals surface area contributed by atoms with Gasteiger partial charge in [0.1, 0.15) is 6.04 Å². The molecule has 6 heteroatoms. The summed E-state index contributed by atoms with van der Waals surface area (Å²) in [7, 11) is 0. The molecule has 0 unspecified atom stereocenters. The summed E-state index contributed by atoms with van der Waals surface area (Å²) in [6.45, 7) is 1.99. The van der Waals surface area contributed by atoms with Gasteiger partial charge in [-0.1, -0.05) is 18.6 Å². The highest BCUT2D eigenvalue weighted by Crippen LogP contribution is 2.11. The second-order valence-electron chi connectivity index (χ2n) is 5.79. The van der Waals surface area contributed by atoms with Gasteiger partial charge in [0.05, 0.1) is 0 Å². The summed E-state index contributed by atoms with van der Waals surface area (Å²) in [4.78, 5) is 34.5. The van der Waals surface area contributed by atoms with E-state index in [2.05, 4.69) is 16.0 Å². The molecule has 1 saturated heterocycles. The molecule has 0 saturated carbocycles. The average molecular weight is 317 g/mol. The molecule has 0 spiro atoms. The number of anilines is 1. The Morgan fingerprint density at radius 3 is 2.65 bits per heavy atom. The quantitative estimate of drug-likeness (QED) is 0.766. The summed E-state index contributed by atoms with van der Waals surface area (Å²) in [5.74, 6) is -0.262. The smallest absolute Gasteiger partial charge is 0.242 e. The van der Waals surface area contributed by atoms with Crippen LogP contribution in [0.4, 0.5) is 5.69 Å². The van der Waals surface area contributed by atoms with Crippen LogP contribution >= 0.6 is 0 Å². The number of hydrogen-bond acceptors (Lipinski definition) is 3. The first kappa shape index (κ1) is 17.0. The highest BCUT2D eigenvalue weighted by molar-refractivity contribution is 5.88. The van der Waals surface area contributed by atoms with E-state index in [9.17, 15) is 14.4 Å². The minimum Gasteiger partial charge on any atom is -0.354 e. The second-order valence-corrected chi connectivity index (χ2v) is 5.79. The first-order valence-corrected chi connectivity index (χ1v) is 7.98. The van der Waals surface area contributed by atoms with Gasteiger partial charge in [0.2, 0.25) is 17.7 Å². The Morgan fingerprint density at radius 1 is 1.22 bits per heavy atom. The lowest BCUT2D eigenvalue weighted by Crippen LogP contribution is -2.46. The molecular formula is C17H23N3O3. The minimum absolute atomic E-state index is 0.0452. The number of rotatable bonds is 5. The van der Waals surface area contributed by atoms with Crippen LogP contribution in [0.3, 0.4) is 0 Å². The predicted molar refractivity (Wildman–Crippen MR) is 87.9 cm³/mol. The fourth-order valence-corrected chi connectivity index (χ4v) is 2.58. The average Bonchev–Trinajstić information content (AvgIpc) is 2.73. The molecule has 124 valence electrons. The van der Waals surface area contributed by atoms with E-state index in [1.54, 1.807) is 0 Å². The van der Waals surface area contributed by atoms with E-state index in [0.29, 0.717) is 25.8 Å². The molecule has 1 heterocycles. The lowest BCUT2D eigenvalue weighted by Gasteiger charge is -2.15. The van der Waals surface area contributed by atoms with E-state index >= 15 is 0 Å². The summed E-state index contributed by atoms with van der Waals surface area (Å²) in [5.41, 5.74) is 1.83. The largest absolute Gasteiger partial charge is 0.354 e. The summed E-state index contributed by atoms with van der Waals surface area (Å²) >= 11 is 0. The Labute approximate surface area is 136 Å². The van der Waals surface area contributed by atoms with E-state index in [0.717, 1.165) is 24.1 Å². The fraction of sp³-hybridized carbons (Fsp3) is 0.471. The Bertz CT molecular complexity index is 569. The van der Waals surface area contributed by atoms with Gasteiger partial charge in [-0.3, -0.25) is 14.4 Å². The summed E-state index contributed by atoms with van der Waals surface area (Å²) in [6, 6.07) is 7.11. The van der Waals surface area contributed by atoms with Crippen molar-refractivity contribution in [1.29, 1.82) is 0 Å². The molecule has 3 N–H and O–H groups in total. The number of hydrogen-bond donors (Lipinski definition) is 3. The van der Waals surface area contributed by atoms with Crippen LogP contribution in [-0.4, -0.2) is 30.3 Å². The standard InChI is InChI=1S/C17H23N3O3/c1-12(21)19-14-8-6-13(7-9-14)10-11-18-17(23)15-4-2-3-5-16(22)20-15/h6-9,15H,2-5,10-11H2,1H3,(H,18,23)(H,19,21)(H,20,22)/t15-/m1/s1. The molecule has 0 bridgehead atoms. The number of amides is 3. The van der Waals surface area contributed by atoms with Gasteiger partial charge in [-0.05, 0) is 37.0 Å². The van der Waals surface area contributed by atoms with E-state index in [-0.39, 0.29) is 17.7 Å². The monoisotopic (exact) mass is 317 g/mol. The summed E-state index contributed by atoms with van der Waals surface area (Å²) in [6.07, 6.45) is 3.64. The molecule has 0 aliphatic carbocycles. The first-order valence-electron chi connectivity index (χ1n) is 7.98. The maximum atomic E-state index is 12.1. The molecule has 1 aromatic carbocycles. The topological polar surface area (TPSA) is 87.3 Å². The van der Waals surface area contributed by atoms with Crippen molar-refractivity contribution in [3.8, 4) is 0 Å². The lowest BCUT2D eigenvalue weighted by molar-refractivity contribution is -0.128. The van der Waals surface area contributed by atoms with Crippen LogP contribution in [0.25, 0.3) is 0 Å². The zero-order chi connectivity index (χ0) is 16.7. The van der Waals surface area contributed by atoms with Gasteiger partial charge < -0.3 is 16.0 Å². The van der Waals surface area contributed by atoms with Crippen molar-refractivity contribution in [2.45, 2.75) is 45.1 Å². The van der Waals surface area contributed by atoms with Gasteiger partial charge in [-0.25, -0.2) is 0 Å². The Balaban J connectivity index is 1.76. The summed E-state index contributed by atoms with van der Waals surface area (Å²) in [5, 5.41) is 8.34. The SMILES string of the molecule is CC(=O)Nc1ccc(CCNC(=O)[C@H]2CCCCC(=O)N2)cc1. The maximum Gasteiger partial charge on any atom is 0.242 e. The van der Waals surface area contributed by atoms with E-state index in [4.69, 9.17) is 0 Å². The van der Waals surface area contributed by atoms with Crippen LogP contribution in [0.15, 0.2) is 24.3 Å². The van der Waals surface area contributed by atoms with Crippen molar-refractivity contribution < 1.29 is 14.4 Å². The molecular weight excluding hydrogens is 294 g/mol. The van der Waals surface area contributed by atoms with Crippen molar-refractivity contribution in [2.75, 3.05) is 11.9 Å². The molecule has 23 heavy (non-hydrogen) atoms. The first-order chi connectivity index (χ1) is 11.0. The predicted octanol–water partition coefficient (Wildman–Crippen LogP) is 1.36. The van der Waals surface area contributed by atoms with Gasteiger partial charge in [0, 0.05) is 25.6 Å². The van der Waals surface area contributed by atoms with E-state index < -0.39 is 6.04 Å². The van der Waals surface area contributed by atoms with Gasteiger partial charge in [0.15, 0.2) is 0 Å². The van der Waals surface area contributed by atoms with E-state index in [1.165, 1.54) is 6.92 Å². The third-order valence-electron chi connectivity index (χ3n) is 3.79. The molecule has 6 nitrogen and oxygen atoms in total. The van der Waals surface area contributed by atoms with E-state index in [1.807, 2.05) is 24.3 Å². The molecule has 1 fully saturated rings. The molecule has 1 atom stereocenters. The van der Waals surface area contributed by atoms with Crippen molar-refractivity contribution in [2.24, 2.45) is 0 Å². The normalized spacial score (nSPS) is 17.8. The number of carbonyl (C=O) groups is 3. The Morgan fingerprint density at radius 2 is 1.96 bits per heavy atom. The maximum absolute atomic E-state index is 12.1. The van der Waals surface area contributed by atoms with Gasteiger partial charge in [-0.15, -0.1) is 0 Å². The zero-order valence-corrected chi connectivity index (χ0v) is 13.4. The molecule has 1 aromatic rings. The lowest BCUT2D eigenvalue weighted by atomic mass is 10.1. The molecule has 0 aromatic heterocycles. The number of nitrogens with one attached hydrogen (secondary N) is 3. The van der Waals surface area contributed by atoms with Crippen LogP contribution in [0.1, 0.15) is 38.2 Å². The zero-order valence-electron chi connectivity index (χ0n) is 13.4. The van der Waals surface area contributed by atoms with Gasteiger partial charge >= 0.3 is 0 Å². The van der Waals surface area contributed by atoms with Gasteiger partial charge in [-0.2, -0.15) is 0 Å². The minimum atomic E-state index is -0.410.